The fourth-order valence-corrected chi connectivity index (χ4v) is 1.60. The van der Waals surface area contributed by atoms with Crippen LogP contribution in [-0.4, -0.2) is 36.6 Å². The first-order chi connectivity index (χ1) is 8.18. The van der Waals surface area contributed by atoms with Crippen LogP contribution in [0.4, 0.5) is 4.79 Å². The Labute approximate surface area is 99.3 Å². The van der Waals surface area contributed by atoms with Gasteiger partial charge in [0.05, 0.1) is 13.2 Å². The highest BCUT2D eigenvalue weighted by Crippen LogP contribution is 2.17. The molecular weight excluding hydrogens is 222 g/mol. The van der Waals surface area contributed by atoms with Gasteiger partial charge in [0.15, 0.2) is 0 Å². The predicted octanol–water partition coefficient (Wildman–Crippen LogP) is 0.926. The zero-order chi connectivity index (χ0) is 12.1. The standard InChI is InChI=1S/C12H15NO4/c14-11(17-10-4-2-1-3-5-10)13-8-12(15)6-7-16-9-12/h1-5,15H,6-9H2,(H,13,14). The first kappa shape index (κ1) is 11.9. The van der Waals surface area contributed by atoms with Gasteiger partial charge in [-0.15, -0.1) is 0 Å². The monoisotopic (exact) mass is 237 g/mol. The molecule has 1 heterocycles. The van der Waals surface area contributed by atoms with Crippen LogP contribution >= 0.6 is 0 Å². The molecule has 2 N–H and O–H groups in total. The average molecular weight is 237 g/mol. The number of carbonyl (C=O) groups is 1. The van der Waals surface area contributed by atoms with Gasteiger partial charge in [-0.2, -0.15) is 0 Å². The summed E-state index contributed by atoms with van der Waals surface area (Å²) in [6.07, 6.45) is -0.0463. The first-order valence-corrected chi connectivity index (χ1v) is 5.49. The fourth-order valence-electron chi connectivity index (χ4n) is 1.60. The van der Waals surface area contributed by atoms with Crippen molar-refractivity contribution in [1.29, 1.82) is 0 Å². The highest BCUT2D eigenvalue weighted by Gasteiger charge is 2.32. The highest BCUT2D eigenvalue weighted by atomic mass is 16.6. The molecular formula is C12H15NO4. The van der Waals surface area contributed by atoms with Gasteiger partial charge in [0.25, 0.3) is 0 Å². The van der Waals surface area contributed by atoms with Gasteiger partial charge in [0, 0.05) is 13.0 Å². The van der Waals surface area contributed by atoms with E-state index in [1.165, 1.54) is 0 Å². The maximum absolute atomic E-state index is 11.4. The van der Waals surface area contributed by atoms with Crippen molar-refractivity contribution < 1.29 is 19.4 Å². The molecule has 17 heavy (non-hydrogen) atoms. The number of rotatable bonds is 3. The number of nitrogens with one attached hydrogen (secondary N) is 1. The molecule has 92 valence electrons. The zero-order valence-corrected chi connectivity index (χ0v) is 9.39. The molecule has 1 fully saturated rings. The Balaban J connectivity index is 1.78. The van der Waals surface area contributed by atoms with Crippen molar-refractivity contribution in [3.05, 3.63) is 30.3 Å². The number of aliphatic hydroxyl groups is 1. The molecule has 5 heteroatoms. The van der Waals surface area contributed by atoms with Crippen LogP contribution in [0.25, 0.3) is 0 Å². The summed E-state index contributed by atoms with van der Waals surface area (Å²) in [4.78, 5) is 11.4. The minimum atomic E-state index is -0.963. The van der Waals surface area contributed by atoms with Crippen molar-refractivity contribution >= 4 is 6.09 Å². The lowest BCUT2D eigenvalue weighted by Crippen LogP contribution is -2.44. The van der Waals surface area contributed by atoms with E-state index in [4.69, 9.17) is 9.47 Å². The Morgan fingerprint density at radius 1 is 1.47 bits per heavy atom. The van der Waals surface area contributed by atoms with Crippen LogP contribution in [-0.2, 0) is 4.74 Å². The summed E-state index contributed by atoms with van der Waals surface area (Å²) in [5.74, 6) is 0.472. The lowest BCUT2D eigenvalue weighted by atomic mass is 10.0. The van der Waals surface area contributed by atoms with Gasteiger partial charge in [-0.1, -0.05) is 18.2 Å². The smallest absolute Gasteiger partial charge is 0.410 e. The quantitative estimate of drug-likeness (QED) is 0.820. The first-order valence-electron chi connectivity index (χ1n) is 5.49. The number of hydrogen-bond acceptors (Lipinski definition) is 4. The SMILES string of the molecule is O=C(NCC1(O)CCOC1)Oc1ccccc1. The second-order valence-electron chi connectivity index (χ2n) is 4.08. The van der Waals surface area contributed by atoms with Crippen molar-refractivity contribution in [2.75, 3.05) is 19.8 Å². The third-order valence-electron chi connectivity index (χ3n) is 2.60. The van der Waals surface area contributed by atoms with Crippen LogP contribution in [0, 0.1) is 0 Å². The van der Waals surface area contributed by atoms with Crippen LogP contribution in [0.5, 0.6) is 5.75 Å². The predicted molar refractivity (Wildman–Crippen MR) is 60.9 cm³/mol. The molecule has 1 aliphatic rings. The van der Waals surface area contributed by atoms with Gasteiger partial charge in [0.1, 0.15) is 11.4 Å². The summed E-state index contributed by atoms with van der Waals surface area (Å²) in [5.41, 5.74) is -0.963. The van der Waals surface area contributed by atoms with Crippen LogP contribution in [0.1, 0.15) is 6.42 Å². The van der Waals surface area contributed by atoms with Gasteiger partial charge in [-0.3, -0.25) is 0 Å². The van der Waals surface area contributed by atoms with Gasteiger partial charge < -0.3 is 19.9 Å². The normalized spacial score (nSPS) is 23.4. The second-order valence-corrected chi connectivity index (χ2v) is 4.08. The molecule has 1 aromatic carbocycles. The number of hydrogen-bond donors (Lipinski definition) is 2. The highest BCUT2D eigenvalue weighted by molar-refractivity contribution is 5.70. The molecule has 2 rings (SSSR count). The van der Waals surface area contributed by atoms with E-state index in [1.807, 2.05) is 6.07 Å². The molecule has 0 aromatic heterocycles. The summed E-state index contributed by atoms with van der Waals surface area (Å²) < 4.78 is 10.1. The number of benzene rings is 1. The molecule has 1 atom stereocenters. The molecule has 0 saturated carbocycles. The van der Waals surface area contributed by atoms with Crippen LogP contribution < -0.4 is 10.1 Å². The average Bonchev–Trinajstić information content (AvgIpc) is 2.76. The van der Waals surface area contributed by atoms with Crippen molar-refractivity contribution in [3.8, 4) is 5.75 Å². The Morgan fingerprint density at radius 2 is 2.24 bits per heavy atom. The van der Waals surface area contributed by atoms with Crippen molar-refractivity contribution in [1.82, 2.24) is 5.32 Å². The lowest BCUT2D eigenvalue weighted by molar-refractivity contribution is 0.0278. The molecule has 0 bridgehead atoms. The molecule has 0 spiro atoms. The van der Waals surface area contributed by atoms with E-state index in [0.717, 1.165) is 0 Å². The summed E-state index contributed by atoms with van der Waals surface area (Å²) in [6.45, 7) is 0.906. The van der Waals surface area contributed by atoms with Crippen molar-refractivity contribution in [3.63, 3.8) is 0 Å². The minimum Gasteiger partial charge on any atom is -0.410 e. The summed E-state index contributed by atoms with van der Waals surface area (Å²) in [6, 6.07) is 8.77. The van der Waals surface area contributed by atoms with Crippen LogP contribution in [0.2, 0.25) is 0 Å². The summed E-state index contributed by atoms with van der Waals surface area (Å²) in [5, 5.41) is 12.4. The molecule has 1 saturated heterocycles. The number of carbonyl (C=O) groups excluding carboxylic acids is 1. The maximum atomic E-state index is 11.4. The minimum absolute atomic E-state index is 0.138. The molecule has 1 aromatic rings. The van der Waals surface area contributed by atoms with Gasteiger partial charge in [0.2, 0.25) is 0 Å². The zero-order valence-electron chi connectivity index (χ0n) is 9.39. The third-order valence-corrected chi connectivity index (χ3v) is 2.60. The maximum Gasteiger partial charge on any atom is 0.412 e. The van der Waals surface area contributed by atoms with Crippen LogP contribution in [0.15, 0.2) is 30.3 Å². The van der Waals surface area contributed by atoms with Crippen LogP contribution in [0.3, 0.4) is 0 Å². The summed E-state index contributed by atoms with van der Waals surface area (Å²) >= 11 is 0. The number of amides is 1. The van der Waals surface area contributed by atoms with E-state index in [1.54, 1.807) is 24.3 Å². The molecule has 0 aliphatic carbocycles. The van der Waals surface area contributed by atoms with Gasteiger partial charge >= 0.3 is 6.09 Å². The van der Waals surface area contributed by atoms with E-state index in [-0.39, 0.29) is 13.2 Å². The fraction of sp³-hybridized carbons (Fsp3) is 0.417. The molecule has 5 nitrogen and oxygen atoms in total. The molecule has 1 amide bonds. The Morgan fingerprint density at radius 3 is 2.88 bits per heavy atom. The summed E-state index contributed by atoms with van der Waals surface area (Å²) in [7, 11) is 0. The molecule has 1 aliphatic heterocycles. The van der Waals surface area contributed by atoms with E-state index in [9.17, 15) is 9.90 Å². The van der Waals surface area contributed by atoms with E-state index in [0.29, 0.717) is 18.8 Å². The van der Waals surface area contributed by atoms with Crippen molar-refractivity contribution in [2.24, 2.45) is 0 Å². The van der Waals surface area contributed by atoms with Gasteiger partial charge in [-0.25, -0.2) is 4.79 Å². The van der Waals surface area contributed by atoms with Crippen molar-refractivity contribution in [2.45, 2.75) is 12.0 Å². The largest absolute Gasteiger partial charge is 0.412 e. The second kappa shape index (κ2) is 5.16. The van der Waals surface area contributed by atoms with E-state index < -0.39 is 11.7 Å². The third kappa shape index (κ3) is 3.44. The van der Waals surface area contributed by atoms with E-state index >= 15 is 0 Å². The Bertz CT molecular complexity index is 373. The van der Waals surface area contributed by atoms with E-state index in [2.05, 4.69) is 5.32 Å². The molecule has 1 unspecified atom stereocenters. The number of para-hydroxylation sites is 1. The molecule has 0 radical (unpaired) electrons. The lowest BCUT2D eigenvalue weighted by Gasteiger charge is -2.20. The topological polar surface area (TPSA) is 67.8 Å². The van der Waals surface area contributed by atoms with Gasteiger partial charge in [-0.05, 0) is 12.1 Å². The Hall–Kier alpha value is -1.59. The Kier molecular flexibility index (Phi) is 3.61. The number of ether oxygens (including phenoxy) is 2.